The highest BCUT2D eigenvalue weighted by Crippen LogP contribution is 2.37. The number of rotatable bonds is 7. The first-order valence-corrected chi connectivity index (χ1v) is 9.97. The normalized spacial score (nSPS) is 12.9. The topological polar surface area (TPSA) is 89.9 Å². The molecule has 5 heteroatoms. The molecule has 28 heavy (non-hydrogen) atoms. The molecule has 5 N–H and O–H groups in total. The molecule has 0 radical (unpaired) electrons. The molecule has 2 heterocycles. The number of H-pyrrole nitrogens is 1. The second-order valence-electron chi connectivity index (χ2n) is 7.52. The molecule has 0 spiro atoms. The molecule has 0 aliphatic carbocycles. The van der Waals surface area contributed by atoms with Crippen molar-refractivity contribution in [1.29, 1.82) is 0 Å². The van der Waals surface area contributed by atoms with Crippen molar-refractivity contribution in [2.45, 2.75) is 38.6 Å². The second-order valence-corrected chi connectivity index (χ2v) is 7.52. The lowest BCUT2D eigenvalue weighted by Crippen LogP contribution is -2.13. The Hall–Kier alpha value is -2.63. The van der Waals surface area contributed by atoms with Crippen LogP contribution in [-0.2, 0) is 0 Å². The third-order valence-electron chi connectivity index (χ3n) is 5.60. The Labute approximate surface area is 165 Å². The molecule has 0 bridgehead atoms. The molecule has 2 aromatic heterocycles. The van der Waals surface area contributed by atoms with E-state index >= 15 is 0 Å². The first kappa shape index (κ1) is 18.7. The minimum Gasteiger partial charge on any atom is -0.497 e. The summed E-state index contributed by atoms with van der Waals surface area (Å²) in [4.78, 5) is 8.37. The van der Waals surface area contributed by atoms with E-state index in [4.69, 9.17) is 21.2 Å². The highest BCUT2D eigenvalue weighted by atomic mass is 16.5. The van der Waals surface area contributed by atoms with Gasteiger partial charge in [0.25, 0.3) is 0 Å². The summed E-state index contributed by atoms with van der Waals surface area (Å²) in [7, 11) is 1.69. The van der Waals surface area contributed by atoms with E-state index in [-0.39, 0.29) is 6.04 Å². The number of ether oxygens (including phenoxy) is 1. The van der Waals surface area contributed by atoms with Crippen molar-refractivity contribution in [2.24, 2.45) is 11.5 Å². The molecule has 4 aromatic rings. The first-order chi connectivity index (χ1) is 13.6. The van der Waals surface area contributed by atoms with Gasteiger partial charge >= 0.3 is 0 Å². The zero-order valence-corrected chi connectivity index (χ0v) is 16.6. The van der Waals surface area contributed by atoms with Gasteiger partial charge in [-0.15, -0.1) is 0 Å². The third kappa shape index (κ3) is 3.21. The summed E-state index contributed by atoms with van der Waals surface area (Å²) in [6, 6.07) is 10.4. The summed E-state index contributed by atoms with van der Waals surface area (Å²) in [5.41, 5.74) is 16.6. The van der Waals surface area contributed by atoms with Gasteiger partial charge in [0.2, 0.25) is 0 Å². The Morgan fingerprint density at radius 3 is 2.75 bits per heavy atom. The zero-order valence-electron chi connectivity index (χ0n) is 16.6. The number of benzene rings is 2. The Morgan fingerprint density at radius 2 is 1.96 bits per heavy atom. The fourth-order valence-electron chi connectivity index (χ4n) is 4.08. The predicted molar refractivity (Wildman–Crippen MR) is 117 cm³/mol. The second kappa shape index (κ2) is 7.78. The summed E-state index contributed by atoms with van der Waals surface area (Å²) >= 11 is 0. The molecule has 0 aliphatic heterocycles. The number of hydrogen-bond donors (Lipinski definition) is 3. The fourth-order valence-corrected chi connectivity index (χ4v) is 4.08. The molecule has 0 amide bonds. The van der Waals surface area contributed by atoms with Crippen LogP contribution in [0.15, 0.2) is 36.5 Å². The Kier molecular flexibility index (Phi) is 5.20. The largest absolute Gasteiger partial charge is 0.497 e. The average molecular weight is 377 g/mol. The van der Waals surface area contributed by atoms with Crippen molar-refractivity contribution in [1.82, 2.24) is 9.97 Å². The van der Waals surface area contributed by atoms with Crippen molar-refractivity contribution in [3.8, 4) is 5.75 Å². The van der Waals surface area contributed by atoms with Gasteiger partial charge in [-0.1, -0.05) is 18.9 Å². The zero-order chi connectivity index (χ0) is 19.7. The number of aromatic nitrogens is 2. The average Bonchev–Trinajstić information content (AvgIpc) is 3.12. The maximum Gasteiger partial charge on any atom is 0.119 e. The lowest BCUT2D eigenvalue weighted by atomic mass is 9.97. The van der Waals surface area contributed by atoms with E-state index in [1.54, 1.807) is 7.11 Å². The van der Waals surface area contributed by atoms with E-state index in [0.29, 0.717) is 0 Å². The van der Waals surface area contributed by atoms with Gasteiger partial charge in [0.1, 0.15) is 5.75 Å². The van der Waals surface area contributed by atoms with Gasteiger partial charge in [0, 0.05) is 28.5 Å². The molecule has 1 unspecified atom stereocenters. The lowest BCUT2D eigenvalue weighted by molar-refractivity contribution is 0.415. The Morgan fingerprint density at radius 1 is 1.11 bits per heavy atom. The van der Waals surface area contributed by atoms with Crippen LogP contribution in [0.5, 0.6) is 5.75 Å². The molecule has 146 valence electrons. The van der Waals surface area contributed by atoms with Gasteiger partial charge < -0.3 is 21.2 Å². The number of methoxy groups -OCH3 is 1. The van der Waals surface area contributed by atoms with Crippen LogP contribution in [0, 0.1) is 6.92 Å². The van der Waals surface area contributed by atoms with Crippen molar-refractivity contribution >= 4 is 32.6 Å². The minimum absolute atomic E-state index is 0.0895. The van der Waals surface area contributed by atoms with Gasteiger partial charge in [-0.2, -0.15) is 0 Å². The molecule has 0 aliphatic rings. The molecule has 0 fully saturated rings. The molecule has 0 saturated carbocycles. The summed E-state index contributed by atoms with van der Waals surface area (Å²) in [6.07, 6.45) is 6.06. The number of nitrogens with two attached hydrogens (primary N) is 2. The van der Waals surface area contributed by atoms with Crippen LogP contribution in [0.2, 0.25) is 0 Å². The van der Waals surface area contributed by atoms with E-state index in [1.165, 1.54) is 10.8 Å². The van der Waals surface area contributed by atoms with Crippen LogP contribution < -0.4 is 16.2 Å². The first-order valence-electron chi connectivity index (χ1n) is 9.97. The number of fused-ring (bicyclic) bond motifs is 5. The number of aromatic amines is 1. The molecule has 0 saturated heterocycles. The van der Waals surface area contributed by atoms with E-state index in [2.05, 4.69) is 36.2 Å². The number of nitrogens with one attached hydrogen (secondary N) is 1. The van der Waals surface area contributed by atoms with Crippen molar-refractivity contribution in [3.05, 3.63) is 47.8 Å². The summed E-state index contributed by atoms with van der Waals surface area (Å²) in [5.74, 6) is 0.859. The number of nitrogens with zero attached hydrogens (tertiary/aromatic N) is 1. The van der Waals surface area contributed by atoms with Gasteiger partial charge in [-0.25, -0.2) is 0 Å². The van der Waals surface area contributed by atoms with Crippen LogP contribution >= 0.6 is 0 Å². The van der Waals surface area contributed by atoms with Crippen LogP contribution in [-0.4, -0.2) is 23.6 Å². The fraction of sp³-hybridized carbons (Fsp3) is 0.348. The van der Waals surface area contributed by atoms with Crippen molar-refractivity contribution in [2.75, 3.05) is 13.7 Å². The highest BCUT2D eigenvalue weighted by Gasteiger charge is 2.18. The number of aryl methyl sites for hydroxylation is 1. The van der Waals surface area contributed by atoms with Crippen LogP contribution in [0.1, 0.15) is 43.0 Å². The van der Waals surface area contributed by atoms with E-state index < -0.39 is 0 Å². The lowest BCUT2D eigenvalue weighted by Gasteiger charge is -2.14. The SMILES string of the molecule is COc1ccc2c(ccc3[nH]c4c(C)cnc(C(N)CCCCCN)c4c32)c1. The Bertz CT molecular complexity index is 1130. The molecule has 1 atom stereocenters. The van der Waals surface area contributed by atoms with Crippen LogP contribution in [0.4, 0.5) is 0 Å². The molecule has 4 rings (SSSR count). The molecule has 2 aromatic carbocycles. The van der Waals surface area contributed by atoms with Gasteiger partial charge in [0.05, 0.1) is 18.3 Å². The highest BCUT2D eigenvalue weighted by molar-refractivity contribution is 6.21. The predicted octanol–water partition coefficient (Wildman–Crippen LogP) is 4.71. The van der Waals surface area contributed by atoms with E-state index in [9.17, 15) is 0 Å². The molecular weight excluding hydrogens is 348 g/mol. The smallest absolute Gasteiger partial charge is 0.119 e. The number of pyridine rings is 1. The van der Waals surface area contributed by atoms with Gasteiger partial charge in [-0.3, -0.25) is 4.98 Å². The van der Waals surface area contributed by atoms with Crippen LogP contribution in [0.25, 0.3) is 32.6 Å². The molecule has 5 nitrogen and oxygen atoms in total. The standard InChI is InChI=1S/C23H28N4O/c1-14-13-26-23(18(25)6-4-3-5-11-24)21-20-17-9-8-16(28-2)12-15(17)7-10-19(20)27-22(14)21/h7-10,12-13,18,27H,3-6,11,24-25H2,1-2H3. The van der Waals surface area contributed by atoms with Gasteiger partial charge in [0.15, 0.2) is 0 Å². The van der Waals surface area contributed by atoms with Crippen molar-refractivity contribution < 1.29 is 4.74 Å². The minimum atomic E-state index is -0.0895. The Balaban J connectivity index is 1.90. The molecular formula is C23H28N4O. The summed E-state index contributed by atoms with van der Waals surface area (Å²) in [5, 5.41) is 4.68. The third-order valence-corrected chi connectivity index (χ3v) is 5.60. The summed E-state index contributed by atoms with van der Waals surface area (Å²) in [6.45, 7) is 2.83. The van der Waals surface area contributed by atoms with E-state index in [0.717, 1.165) is 71.0 Å². The number of unbranched alkanes of at least 4 members (excludes halogenated alkanes) is 2. The quantitative estimate of drug-likeness (QED) is 0.408. The summed E-state index contributed by atoms with van der Waals surface area (Å²) < 4.78 is 5.40. The van der Waals surface area contributed by atoms with Crippen LogP contribution in [0.3, 0.4) is 0 Å². The van der Waals surface area contributed by atoms with E-state index in [1.807, 2.05) is 12.3 Å². The monoisotopic (exact) mass is 376 g/mol. The van der Waals surface area contributed by atoms with Crippen molar-refractivity contribution in [3.63, 3.8) is 0 Å². The maximum atomic E-state index is 6.61. The maximum absolute atomic E-state index is 6.61. The number of hydrogen-bond acceptors (Lipinski definition) is 4. The van der Waals surface area contributed by atoms with Gasteiger partial charge in [-0.05, 0) is 66.9 Å².